The number of hydrogen-bond acceptors (Lipinski definition) is 2. The van der Waals surface area contributed by atoms with Crippen LogP contribution < -0.4 is 26.2 Å². The Labute approximate surface area is 325 Å². The summed E-state index contributed by atoms with van der Waals surface area (Å²) in [6.07, 6.45) is 0. The van der Waals surface area contributed by atoms with Crippen LogP contribution in [0.25, 0.3) is 60.5 Å². The molecule has 0 amide bonds. The second kappa shape index (κ2) is 11.1. The molecule has 0 saturated heterocycles. The van der Waals surface area contributed by atoms with Gasteiger partial charge in [0, 0.05) is 44.9 Å². The summed E-state index contributed by atoms with van der Waals surface area (Å²) in [7, 11) is 0. The van der Waals surface area contributed by atoms with Crippen molar-refractivity contribution in [3.63, 3.8) is 0 Å². The zero-order valence-corrected chi connectivity index (χ0v) is 30.4. The van der Waals surface area contributed by atoms with Gasteiger partial charge in [0.25, 0.3) is 6.71 Å². The fraction of sp³-hybridized carbons (Fsp3) is 0. The van der Waals surface area contributed by atoms with E-state index in [1.54, 1.807) is 0 Å². The first-order valence-electron chi connectivity index (χ1n) is 19.5. The normalized spacial score (nSPS) is 12.9. The van der Waals surface area contributed by atoms with Crippen molar-refractivity contribution < 1.29 is 0 Å². The lowest BCUT2D eigenvalue weighted by Crippen LogP contribution is -2.60. The van der Waals surface area contributed by atoms with Gasteiger partial charge < -0.3 is 14.4 Å². The summed E-state index contributed by atoms with van der Waals surface area (Å²) < 4.78 is 2.62. The Hall–Kier alpha value is -7.30. The minimum absolute atomic E-state index is 0.0437. The van der Waals surface area contributed by atoms with Crippen molar-refractivity contribution in [3.8, 4) is 27.9 Å². The smallest absolute Gasteiger partial charge is 0.252 e. The molecule has 0 saturated carbocycles. The zero-order valence-electron chi connectivity index (χ0n) is 30.4. The minimum atomic E-state index is 0.0437. The van der Waals surface area contributed by atoms with Crippen molar-refractivity contribution in [1.82, 2.24) is 4.57 Å². The molecule has 3 heterocycles. The number of nitrogens with zero attached hydrogens (tertiary/aromatic N) is 3. The lowest BCUT2D eigenvalue weighted by Gasteiger charge is -2.41. The van der Waals surface area contributed by atoms with Gasteiger partial charge in [-0.25, -0.2) is 0 Å². The van der Waals surface area contributed by atoms with Crippen molar-refractivity contribution in [3.05, 3.63) is 194 Å². The highest BCUT2D eigenvalue weighted by Gasteiger charge is 2.43. The average molecular weight is 710 g/mol. The molecule has 258 valence electrons. The number of rotatable bonds is 4. The molecule has 1 aromatic heterocycles. The third-order valence-electron chi connectivity index (χ3n) is 12.4. The number of benzene rings is 9. The topological polar surface area (TPSA) is 11.4 Å². The Balaban J connectivity index is 1.24. The van der Waals surface area contributed by atoms with Crippen LogP contribution >= 0.6 is 0 Å². The van der Waals surface area contributed by atoms with E-state index in [9.17, 15) is 0 Å². The van der Waals surface area contributed by atoms with E-state index in [2.05, 4.69) is 208 Å². The number of hydrogen-bond donors (Lipinski definition) is 0. The summed E-state index contributed by atoms with van der Waals surface area (Å²) in [4.78, 5) is 4.91. The van der Waals surface area contributed by atoms with Gasteiger partial charge in [0.05, 0.1) is 16.7 Å². The maximum absolute atomic E-state index is 2.62. The van der Waals surface area contributed by atoms with E-state index in [4.69, 9.17) is 0 Å². The Morgan fingerprint density at radius 1 is 0.393 bits per heavy atom. The molecule has 0 N–H and O–H groups in total. The van der Waals surface area contributed by atoms with Crippen LogP contribution in [0.1, 0.15) is 0 Å². The second-order valence-electron chi connectivity index (χ2n) is 15.2. The summed E-state index contributed by atoms with van der Waals surface area (Å²) in [6.45, 7) is 0.0437. The first-order chi connectivity index (χ1) is 27.8. The highest BCUT2D eigenvalue weighted by molar-refractivity contribution is 7.00. The summed E-state index contributed by atoms with van der Waals surface area (Å²) in [5.74, 6) is 0. The van der Waals surface area contributed by atoms with Gasteiger partial charge in [-0.15, -0.1) is 0 Å². The molecule has 0 spiro atoms. The van der Waals surface area contributed by atoms with Crippen molar-refractivity contribution in [1.29, 1.82) is 0 Å². The van der Waals surface area contributed by atoms with E-state index >= 15 is 0 Å². The summed E-state index contributed by atoms with van der Waals surface area (Å²) in [5, 5.41) is 5.31. The minimum Gasteiger partial charge on any atom is -0.311 e. The standard InChI is InChI=1S/C52H32BN3/c1-4-16-34(17-5-1)54(35-18-6-2-7-19-35)37-31-46-51-47(32-37)56-45-30-27-33-15-14-24-40-38-22-10-11-23-39(38)41-28-29-43(52(56)49(41)50(45)48(33)40)53(51)42-25-12-13-26-44(42)55(46)36-20-8-3-9-21-36/h1-32H. The van der Waals surface area contributed by atoms with Gasteiger partial charge in [0.15, 0.2) is 0 Å². The Morgan fingerprint density at radius 3 is 1.77 bits per heavy atom. The number of aromatic nitrogens is 1. The van der Waals surface area contributed by atoms with Crippen molar-refractivity contribution in [2.45, 2.75) is 0 Å². The van der Waals surface area contributed by atoms with E-state index in [-0.39, 0.29) is 6.71 Å². The highest BCUT2D eigenvalue weighted by atomic mass is 15.2. The van der Waals surface area contributed by atoms with Crippen LogP contribution in [0.4, 0.5) is 34.1 Å². The molecule has 3 nitrogen and oxygen atoms in total. The highest BCUT2D eigenvalue weighted by Crippen LogP contribution is 2.51. The quantitative estimate of drug-likeness (QED) is 0.169. The van der Waals surface area contributed by atoms with Crippen molar-refractivity contribution in [2.24, 2.45) is 0 Å². The largest absolute Gasteiger partial charge is 0.311 e. The summed E-state index contributed by atoms with van der Waals surface area (Å²) >= 11 is 0. The molecule has 2 aliphatic heterocycles. The molecule has 0 bridgehead atoms. The molecule has 10 aromatic rings. The third-order valence-corrected chi connectivity index (χ3v) is 12.4. The molecular weight excluding hydrogens is 677 g/mol. The molecule has 1 aliphatic carbocycles. The summed E-state index contributed by atoms with van der Waals surface area (Å²) in [6, 6.07) is 71.9. The maximum Gasteiger partial charge on any atom is 0.252 e. The molecule has 4 heteroatoms. The number of para-hydroxylation sites is 4. The lowest BCUT2D eigenvalue weighted by molar-refractivity contribution is 1.16. The van der Waals surface area contributed by atoms with Gasteiger partial charge in [-0.3, -0.25) is 0 Å². The Kier molecular flexibility index (Phi) is 5.98. The molecule has 3 aliphatic rings. The van der Waals surface area contributed by atoms with Crippen LogP contribution in [0.2, 0.25) is 0 Å². The Bertz CT molecular complexity index is 3220. The van der Waals surface area contributed by atoms with E-state index in [1.807, 2.05) is 0 Å². The predicted molar refractivity (Wildman–Crippen MR) is 237 cm³/mol. The van der Waals surface area contributed by atoms with Gasteiger partial charge in [-0.1, -0.05) is 133 Å². The van der Waals surface area contributed by atoms with Gasteiger partial charge in [0.2, 0.25) is 0 Å². The van der Waals surface area contributed by atoms with Crippen LogP contribution in [0.3, 0.4) is 0 Å². The van der Waals surface area contributed by atoms with E-state index in [0.29, 0.717) is 0 Å². The van der Waals surface area contributed by atoms with Gasteiger partial charge >= 0.3 is 0 Å². The van der Waals surface area contributed by atoms with E-state index in [0.717, 1.165) is 22.7 Å². The lowest BCUT2D eigenvalue weighted by atomic mass is 9.33. The third kappa shape index (κ3) is 3.87. The first kappa shape index (κ1) is 30.1. The summed E-state index contributed by atoms with van der Waals surface area (Å²) in [5.41, 5.74) is 19.9. The second-order valence-corrected chi connectivity index (χ2v) is 15.2. The van der Waals surface area contributed by atoms with Crippen LogP contribution in [-0.4, -0.2) is 11.3 Å². The number of fused-ring (bicyclic) bond motifs is 8. The van der Waals surface area contributed by atoms with E-state index < -0.39 is 0 Å². The zero-order chi connectivity index (χ0) is 36.5. The van der Waals surface area contributed by atoms with Gasteiger partial charge in [-0.2, -0.15) is 0 Å². The van der Waals surface area contributed by atoms with Crippen LogP contribution in [0.15, 0.2) is 194 Å². The maximum atomic E-state index is 2.62. The van der Waals surface area contributed by atoms with Gasteiger partial charge in [0.1, 0.15) is 0 Å². The molecule has 0 unspecified atom stereocenters. The van der Waals surface area contributed by atoms with Crippen LogP contribution in [-0.2, 0) is 0 Å². The molecule has 0 atom stereocenters. The molecule has 13 rings (SSSR count). The predicted octanol–water partition coefficient (Wildman–Crippen LogP) is 11.7. The average Bonchev–Trinajstić information content (AvgIpc) is 3.56. The first-order valence-corrected chi connectivity index (χ1v) is 19.5. The van der Waals surface area contributed by atoms with Crippen LogP contribution in [0.5, 0.6) is 0 Å². The number of anilines is 6. The van der Waals surface area contributed by atoms with Crippen LogP contribution in [0, 0.1) is 0 Å². The van der Waals surface area contributed by atoms with Crippen molar-refractivity contribution >= 4 is 89.8 Å². The molecular formula is C52H32BN3. The monoisotopic (exact) mass is 709 g/mol. The fourth-order valence-corrected chi connectivity index (χ4v) is 10.3. The fourth-order valence-electron chi connectivity index (χ4n) is 10.3. The van der Waals surface area contributed by atoms with Crippen molar-refractivity contribution in [2.75, 3.05) is 9.80 Å². The van der Waals surface area contributed by atoms with E-state index in [1.165, 1.54) is 88.3 Å². The molecule has 0 fully saturated rings. The molecule has 9 aromatic carbocycles. The van der Waals surface area contributed by atoms with Gasteiger partial charge in [-0.05, 0) is 110 Å². The SMILES string of the molecule is c1ccc(N(c2ccccc2)c2cc3c4c(c2)-n2c5ccc6cccc7c6c5c5c(ccc(c52)B4c2ccccc2N3c2ccccc2)-c2ccccc2-7)cc1. The molecule has 0 radical (unpaired) electrons. The molecule has 56 heavy (non-hydrogen) atoms. The Morgan fingerprint density at radius 2 is 1.02 bits per heavy atom.